The molecule has 0 aliphatic rings. The lowest BCUT2D eigenvalue weighted by Gasteiger charge is -2.02. The Labute approximate surface area is 129 Å². The summed E-state index contributed by atoms with van der Waals surface area (Å²) in [6.45, 7) is 0.223. The van der Waals surface area contributed by atoms with Crippen molar-refractivity contribution in [1.82, 2.24) is 15.2 Å². The van der Waals surface area contributed by atoms with Crippen molar-refractivity contribution in [2.24, 2.45) is 0 Å². The van der Waals surface area contributed by atoms with Crippen molar-refractivity contribution in [3.05, 3.63) is 70.5 Å². The summed E-state index contributed by atoms with van der Waals surface area (Å²) in [6.07, 6.45) is 1.91. The van der Waals surface area contributed by atoms with E-state index in [9.17, 15) is 8.78 Å². The Morgan fingerprint density at radius 1 is 1.00 bits per heavy atom. The van der Waals surface area contributed by atoms with E-state index < -0.39 is 0 Å². The molecule has 0 saturated heterocycles. The molecule has 0 aliphatic carbocycles. The minimum Gasteiger partial charge on any atom is -0.354 e. The molecule has 3 rings (SSSR count). The number of pyridine rings is 1. The first kappa shape index (κ1) is 14.5. The van der Waals surface area contributed by atoms with E-state index in [1.165, 1.54) is 35.7 Å². The van der Waals surface area contributed by atoms with E-state index in [1.54, 1.807) is 18.2 Å². The van der Waals surface area contributed by atoms with Crippen LogP contribution in [-0.2, 0) is 13.0 Å². The van der Waals surface area contributed by atoms with Crippen LogP contribution in [-0.4, -0.2) is 15.2 Å². The normalized spacial score (nSPS) is 10.6. The van der Waals surface area contributed by atoms with Gasteiger partial charge in [-0.05, 0) is 23.8 Å². The van der Waals surface area contributed by atoms with Gasteiger partial charge in [-0.3, -0.25) is 4.98 Å². The maximum atomic E-state index is 13.6. The van der Waals surface area contributed by atoms with Gasteiger partial charge in [0.1, 0.15) is 16.6 Å². The molecule has 4 nitrogen and oxygen atoms in total. The fraction of sp³-hybridized carbons (Fsp3) is 0.133. The SMILES string of the molecule is Fc1ccccc1Cc1nnc(NCc2ncccc2F)s1. The molecule has 1 aromatic carbocycles. The number of nitrogens with one attached hydrogen (secondary N) is 1. The number of nitrogens with zero attached hydrogens (tertiary/aromatic N) is 3. The van der Waals surface area contributed by atoms with Crippen molar-refractivity contribution in [2.75, 3.05) is 5.32 Å². The second-order valence-corrected chi connectivity index (χ2v) is 5.62. The molecule has 1 N–H and O–H groups in total. The molecule has 7 heteroatoms. The van der Waals surface area contributed by atoms with Gasteiger partial charge < -0.3 is 5.32 Å². The van der Waals surface area contributed by atoms with Crippen LogP contribution in [0.3, 0.4) is 0 Å². The van der Waals surface area contributed by atoms with Crippen LogP contribution in [0, 0.1) is 11.6 Å². The standard InChI is InChI=1S/C15H12F2N4S/c16-11-5-2-1-4-10(11)8-14-20-21-15(22-14)19-9-13-12(17)6-3-7-18-13/h1-7H,8-9H2,(H,19,21). The minimum atomic E-state index is -0.369. The van der Waals surface area contributed by atoms with Crippen LogP contribution in [0.2, 0.25) is 0 Å². The molecular weight excluding hydrogens is 306 g/mol. The van der Waals surface area contributed by atoms with Crippen LogP contribution in [0.1, 0.15) is 16.3 Å². The highest BCUT2D eigenvalue weighted by atomic mass is 32.1. The third kappa shape index (κ3) is 3.43. The molecule has 0 radical (unpaired) electrons. The number of anilines is 1. The summed E-state index contributed by atoms with van der Waals surface area (Å²) in [4.78, 5) is 3.95. The molecule has 3 aromatic rings. The maximum Gasteiger partial charge on any atom is 0.206 e. The predicted molar refractivity (Wildman–Crippen MR) is 80.6 cm³/mol. The van der Waals surface area contributed by atoms with Crippen LogP contribution >= 0.6 is 11.3 Å². The van der Waals surface area contributed by atoms with Crippen molar-refractivity contribution in [3.8, 4) is 0 Å². The monoisotopic (exact) mass is 318 g/mol. The van der Waals surface area contributed by atoms with E-state index >= 15 is 0 Å². The van der Waals surface area contributed by atoms with Crippen molar-refractivity contribution in [3.63, 3.8) is 0 Å². The van der Waals surface area contributed by atoms with Gasteiger partial charge in [0.25, 0.3) is 0 Å². The molecule has 112 valence electrons. The van der Waals surface area contributed by atoms with Crippen LogP contribution in [0.5, 0.6) is 0 Å². The summed E-state index contributed by atoms with van der Waals surface area (Å²) in [6, 6.07) is 9.45. The average molecular weight is 318 g/mol. The van der Waals surface area contributed by atoms with Crippen LogP contribution in [0.25, 0.3) is 0 Å². The molecule has 22 heavy (non-hydrogen) atoms. The molecule has 0 bridgehead atoms. The zero-order valence-corrected chi connectivity index (χ0v) is 12.3. The highest BCUT2D eigenvalue weighted by Gasteiger charge is 2.09. The van der Waals surface area contributed by atoms with Gasteiger partial charge in [-0.25, -0.2) is 8.78 Å². The maximum absolute atomic E-state index is 13.6. The third-order valence-electron chi connectivity index (χ3n) is 3.01. The smallest absolute Gasteiger partial charge is 0.206 e. The largest absolute Gasteiger partial charge is 0.354 e. The average Bonchev–Trinajstić information content (AvgIpc) is 2.96. The lowest BCUT2D eigenvalue weighted by molar-refractivity contribution is 0.602. The van der Waals surface area contributed by atoms with Gasteiger partial charge in [-0.15, -0.1) is 10.2 Å². The Morgan fingerprint density at radius 2 is 1.82 bits per heavy atom. The third-order valence-corrected chi connectivity index (χ3v) is 3.89. The fourth-order valence-corrected chi connectivity index (χ4v) is 2.67. The van der Waals surface area contributed by atoms with Gasteiger partial charge in [-0.2, -0.15) is 0 Å². The number of hydrogen-bond acceptors (Lipinski definition) is 5. The van der Waals surface area contributed by atoms with Crippen molar-refractivity contribution < 1.29 is 8.78 Å². The Balaban J connectivity index is 1.64. The number of benzene rings is 1. The molecule has 0 unspecified atom stereocenters. The van der Waals surface area contributed by atoms with Crippen molar-refractivity contribution in [1.29, 1.82) is 0 Å². The number of aromatic nitrogens is 3. The van der Waals surface area contributed by atoms with Gasteiger partial charge in [0.05, 0.1) is 12.2 Å². The van der Waals surface area contributed by atoms with Crippen molar-refractivity contribution in [2.45, 2.75) is 13.0 Å². The molecule has 0 atom stereocenters. The van der Waals surface area contributed by atoms with E-state index in [0.29, 0.717) is 27.8 Å². The van der Waals surface area contributed by atoms with Gasteiger partial charge in [0, 0.05) is 12.6 Å². The summed E-state index contributed by atoms with van der Waals surface area (Å²) < 4.78 is 27.0. The molecule has 0 aliphatic heterocycles. The molecule has 2 aromatic heterocycles. The molecular formula is C15H12F2N4S. The first-order chi connectivity index (χ1) is 10.7. The lowest BCUT2D eigenvalue weighted by atomic mass is 10.1. The van der Waals surface area contributed by atoms with Crippen LogP contribution in [0.4, 0.5) is 13.9 Å². The van der Waals surface area contributed by atoms with E-state index in [-0.39, 0.29) is 18.2 Å². The van der Waals surface area contributed by atoms with Gasteiger partial charge in [0.15, 0.2) is 0 Å². The predicted octanol–water partition coefficient (Wildman–Crippen LogP) is 3.41. The molecule has 2 heterocycles. The second kappa shape index (κ2) is 6.57. The second-order valence-electron chi connectivity index (χ2n) is 4.55. The Kier molecular flexibility index (Phi) is 4.34. The van der Waals surface area contributed by atoms with Gasteiger partial charge >= 0.3 is 0 Å². The lowest BCUT2D eigenvalue weighted by Crippen LogP contribution is -2.03. The summed E-state index contributed by atoms with van der Waals surface area (Å²) in [5, 5.41) is 12.2. The molecule has 0 saturated carbocycles. The minimum absolute atomic E-state index is 0.223. The van der Waals surface area contributed by atoms with Gasteiger partial charge in [0.2, 0.25) is 5.13 Å². The highest BCUT2D eigenvalue weighted by Crippen LogP contribution is 2.20. The van der Waals surface area contributed by atoms with E-state index in [1.807, 2.05) is 0 Å². The summed E-state index contributed by atoms with van der Waals surface area (Å²) in [7, 11) is 0. The number of rotatable bonds is 5. The number of halogens is 2. The first-order valence-electron chi connectivity index (χ1n) is 6.61. The summed E-state index contributed by atoms with van der Waals surface area (Å²) >= 11 is 1.31. The Bertz CT molecular complexity index is 775. The quantitative estimate of drug-likeness (QED) is 0.783. The van der Waals surface area contributed by atoms with Crippen LogP contribution < -0.4 is 5.32 Å². The topological polar surface area (TPSA) is 50.7 Å². The fourth-order valence-electron chi connectivity index (χ4n) is 1.91. The van der Waals surface area contributed by atoms with E-state index in [0.717, 1.165) is 0 Å². The van der Waals surface area contributed by atoms with E-state index in [2.05, 4.69) is 20.5 Å². The molecule has 0 amide bonds. The Morgan fingerprint density at radius 3 is 2.64 bits per heavy atom. The molecule has 0 spiro atoms. The highest BCUT2D eigenvalue weighted by molar-refractivity contribution is 7.15. The molecule has 0 fully saturated rings. The first-order valence-corrected chi connectivity index (χ1v) is 7.43. The summed E-state index contributed by atoms with van der Waals surface area (Å²) in [5.74, 6) is -0.631. The zero-order valence-electron chi connectivity index (χ0n) is 11.5. The van der Waals surface area contributed by atoms with Crippen LogP contribution in [0.15, 0.2) is 42.6 Å². The van der Waals surface area contributed by atoms with Crippen molar-refractivity contribution >= 4 is 16.5 Å². The van der Waals surface area contributed by atoms with E-state index in [4.69, 9.17) is 0 Å². The summed E-state index contributed by atoms with van der Waals surface area (Å²) in [5.41, 5.74) is 0.884. The Hall–Kier alpha value is -2.41. The van der Waals surface area contributed by atoms with Gasteiger partial charge in [-0.1, -0.05) is 29.5 Å². The number of hydrogen-bond donors (Lipinski definition) is 1. The zero-order chi connectivity index (χ0) is 15.4.